The Bertz CT molecular complexity index is 326. The molecule has 0 spiro atoms. The minimum atomic E-state index is 0.728. The Morgan fingerprint density at radius 2 is 2.29 bits per heavy atom. The zero-order valence-electron chi connectivity index (χ0n) is 11.3. The van der Waals surface area contributed by atoms with Crippen molar-refractivity contribution in [3.05, 3.63) is 24.0 Å². The fourth-order valence-electron chi connectivity index (χ4n) is 1.61. The van der Waals surface area contributed by atoms with Crippen molar-refractivity contribution in [2.24, 2.45) is 5.92 Å². The van der Waals surface area contributed by atoms with Gasteiger partial charge in [-0.3, -0.25) is 4.68 Å². The van der Waals surface area contributed by atoms with Crippen molar-refractivity contribution < 1.29 is 0 Å². The Morgan fingerprint density at radius 1 is 1.47 bits per heavy atom. The van der Waals surface area contributed by atoms with Crippen LogP contribution in [0.2, 0.25) is 0 Å². The largest absolute Gasteiger partial charge is 0.316 e. The number of aryl methyl sites for hydroxylation is 1. The van der Waals surface area contributed by atoms with Crippen LogP contribution < -0.4 is 5.32 Å². The summed E-state index contributed by atoms with van der Waals surface area (Å²) in [5.41, 5.74) is 1.20. The van der Waals surface area contributed by atoms with Crippen LogP contribution >= 0.6 is 0 Å². The quantitative estimate of drug-likeness (QED) is 0.702. The lowest BCUT2D eigenvalue weighted by atomic mass is 10.2. The van der Waals surface area contributed by atoms with Crippen LogP contribution in [0, 0.1) is 5.92 Å². The third-order valence-corrected chi connectivity index (χ3v) is 2.46. The van der Waals surface area contributed by atoms with E-state index in [9.17, 15) is 0 Å². The molecule has 3 heteroatoms. The molecule has 1 N–H and O–H groups in total. The summed E-state index contributed by atoms with van der Waals surface area (Å²) in [7, 11) is 0. The van der Waals surface area contributed by atoms with Crippen molar-refractivity contribution in [2.45, 2.75) is 40.2 Å². The maximum Gasteiger partial charge on any atom is 0.0562 e. The van der Waals surface area contributed by atoms with E-state index < -0.39 is 0 Å². The second-order valence-corrected chi connectivity index (χ2v) is 4.83. The van der Waals surface area contributed by atoms with E-state index in [2.05, 4.69) is 49.5 Å². The van der Waals surface area contributed by atoms with Crippen LogP contribution in [0.3, 0.4) is 0 Å². The normalized spacial score (nSPS) is 11.8. The minimum Gasteiger partial charge on any atom is -0.316 e. The van der Waals surface area contributed by atoms with E-state index >= 15 is 0 Å². The number of aromatic nitrogens is 2. The summed E-state index contributed by atoms with van der Waals surface area (Å²) in [4.78, 5) is 0. The van der Waals surface area contributed by atoms with E-state index in [1.807, 2.05) is 10.9 Å². The Kier molecular flexibility index (Phi) is 6.63. The highest BCUT2D eigenvalue weighted by Gasteiger charge is 1.93. The molecule has 0 radical (unpaired) electrons. The second kappa shape index (κ2) is 8.07. The van der Waals surface area contributed by atoms with Crippen LogP contribution in [0.1, 0.15) is 39.2 Å². The van der Waals surface area contributed by atoms with E-state index in [-0.39, 0.29) is 0 Å². The van der Waals surface area contributed by atoms with Gasteiger partial charge in [0.2, 0.25) is 0 Å². The fourth-order valence-corrected chi connectivity index (χ4v) is 1.61. The number of hydrogen-bond donors (Lipinski definition) is 1. The molecule has 0 bridgehead atoms. The molecule has 0 saturated carbocycles. The first kappa shape index (κ1) is 14.0. The predicted octanol–water partition coefficient (Wildman–Crippen LogP) is 2.94. The first-order valence-corrected chi connectivity index (χ1v) is 6.62. The van der Waals surface area contributed by atoms with Crippen LogP contribution in [-0.2, 0) is 6.54 Å². The summed E-state index contributed by atoms with van der Waals surface area (Å²) in [6.45, 7) is 9.78. The average Bonchev–Trinajstić information content (AvgIpc) is 2.71. The lowest BCUT2D eigenvalue weighted by Crippen LogP contribution is -2.20. The van der Waals surface area contributed by atoms with E-state index in [0.29, 0.717) is 0 Å². The zero-order chi connectivity index (χ0) is 12.5. The van der Waals surface area contributed by atoms with Gasteiger partial charge in [0.15, 0.2) is 0 Å². The van der Waals surface area contributed by atoms with Gasteiger partial charge in [-0.15, -0.1) is 0 Å². The molecule has 0 unspecified atom stereocenters. The van der Waals surface area contributed by atoms with E-state index in [4.69, 9.17) is 0 Å². The summed E-state index contributed by atoms with van der Waals surface area (Å²) in [6, 6.07) is 0. The van der Waals surface area contributed by atoms with Crippen LogP contribution in [0.25, 0.3) is 6.08 Å². The van der Waals surface area contributed by atoms with E-state index in [1.54, 1.807) is 0 Å². The van der Waals surface area contributed by atoms with Crippen molar-refractivity contribution >= 4 is 6.08 Å². The molecule has 0 amide bonds. The third-order valence-electron chi connectivity index (χ3n) is 2.46. The van der Waals surface area contributed by atoms with Crippen LogP contribution in [0.4, 0.5) is 0 Å². The van der Waals surface area contributed by atoms with Gasteiger partial charge in [0, 0.05) is 18.3 Å². The van der Waals surface area contributed by atoms with Gasteiger partial charge in [-0.1, -0.05) is 32.9 Å². The van der Waals surface area contributed by atoms with Gasteiger partial charge in [-0.2, -0.15) is 5.10 Å². The summed E-state index contributed by atoms with van der Waals surface area (Å²) < 4.78 is 2.00. The third kappa shape index (κ3) is 6.27. The summed E-state index contributed by atoms with van der Waals surface area (Å²) in [5, 5.41) is 7.72. The maximum absolute atomic E-state index is 4.29. The fraction of sp³-hybridized carbons (Fsp3) is 0.643. The first-order valence-electron chi connectivity index (χ1n) is 6.62. The lowest BCUT2D eigenvalue weighted by molar-refractivity contribution is 0.557. The Hall–Kier alpha value is -1.09. The molecule has 1 aromatic heterocycles. The highest BCUT2D eigenvalue weighted by atomic mass is 15.3. The van der Waals surface area contributed by atoms with Crippen molar-refractivity contribution in [1.82, 2.24) is 15.1 Å². The maximum atomic E-state index is 4.29. The molecule has 96 valence electrons. The molecular formula is C14H25N3. The number of nitrogens with one attached hydrogen (secondary N) is 1. The summed E-state index contributed by atoms with van der Waals surface area (Å²) in [5.74, 6) is 0.728. The monoisotopic (exact) mass is 235 g/mol. The van der Waals surface area contributed by atoms with Gasteiger partial charge in [-0.25, -0.2) is 0 Å². The smallest absolute Gasteiger partial charge is 0.0562 e. The number of hydrogen-bond acceptors (Lipinski definition) is 2. The Labute approximate surface area is 105 Å². The molecule has 0 aliphatic carbocycles. The molecule has 1 aromatic rings. The molecule has 0 saturated heterocycles. The van der Waals surface area contributed by atoms with Crippen molar-refractivity contribution in [3.8, 4) is 0 Å². The summed E-state index contributed by atoms with van der Waals surface area (Å²) >= 11 is 0. The van der Waals surface area contributed by atoms with Gasteiger partial charge in [0.25, 0.3) is 0 Å². The van der Waals surface area contributed by atoms with Crippen LogP contribution in [0.15, 0.2) is 18.5 Å². The molecule has 1 rings (SSSR count). The van der Waals surface area contributed by atoms with Gasteiger partial charge in [0.1, 0.15) is 0 Å². The lowest BCUT2D eigenvalue weighted by Gasteiger charge is -2.04. The van der Waals surface area contributed by atoms with E-state index in [0.717, 1.165) is 38.4 Å². The SMILES string of the molecule is CCCn1cc(C=CCCNCC(C)C)cn1. The van der Waals surface area contributed by atoms with Crippen LogP contribution in [-0.4, -0.2) is 22.9 Å². The Balaban J connectivity index is 2.19. The van der Waals surface area contributed by atoms with Crippen molar-refractivity contribution in [3.63, 3.8) is 0 Å². The second-order valence-electron chi connectivity index (χ2n) is 4.83. The molecule has 0 aliphatic rings. The molecule has 0 atom stereocenters. The first-order chi connectivity index (χ1) is 8.22. The van der Waals surface area contributed by atoms with Crippen molar-refractivity contribution in [2.75, 3.05) is 13.1 Å². The van der Waals surface area contributed by atoms with Gasteiger partial charge in [0.05, 0.1) is 6.20 Å². The molecule has 0 fully saturated rings. The Morgan fingerprint density at radius 3 is 3.00 bits per heavy atom. The molecule has 3 nitrogen and oxygen atoms in total. The predicted molar refractivity (Wildman–Crippen MR) is 73.9 cm³/mol. The number of rotatable bonds is 8. The van der Waals surface area contributed by atoms with Gasteiger partial charge < -0.3 is 5.32 Å². The zero-order valence-corrected chi connectivity index (χ0v) is 11.3. The highest BCUT2D eigenvalue weighted by molar-refractivity contribution is 5.46. The summed E-state index contributed by atoms with van der Waals surface area (Å²) in [6.07, 6.45) is 10.6. The highest BCUT2D eigenvalue weighted by Crippen LogP contribution is 2.02. The van der Waals surface area contributed by atoms with Gasteiger partial charge >= 0.3 is 0 Å². The molecule has 0 aromatic carbocycles. The molecule has 0 aliphatic heterocycles. The molecular weight excluding hydrogens is 210 g/mol. The van der Waals surface area contributed by atoms with Gasteiger partial charge in [-0.05, 0) is 31.8 Å². The number of nitrogens with zero attached hydrogens (tertiary/aromatic N) is 2. The molecule has 1 heterocycles. The minimum absolute atomic E-state index is 0.728. The average molecular weight is 235 g/mol. The molecule has 17 heavy (non-hydrogen) atoms. The van der Waals surface area contributed by atoms with E-state index in [1.165, 1.54) is 5.56 Å². The van der Waals surface area contributed by atoms with Crippen LogP contribution in [0.5, 0.6) is 0 Å². The topological polar surface area (TPSA) is 29.9 Å². The standard InChI is InChI=1S/C14H25N3/c1-4-9-17-12-14(11-16-17)7-5-6-8-15-10-13(2)3/h5,7,11-13,15H,4,6,8-10H2,1-3H3. The van der Waals surface area contributed by atoms with Crippen molar-refractivity contribution in [1.29, 1.82) is 0 Å².